The molecule has 11 heteroatoms. The second kappa shape index (κ2) is 20.5. The molecule has 0 saturated heterocycles. The Morgan fingerprint density at radius 3 is 1.71 bits per heavy atom. The van der Waals surface area contributed by atoms with Gasteiger partial charge in [-0.1, -0.05) is 25.1 Å². The van der Waals surface area contributed by atoms with Crippen molar-refractivity contribution in [2.45, 2.75) is 90.1 Å². The van der Waals surface area contributed by atoms with Gasteiger partial charge in [0.1, 0.15) is 35.6 Å². The van der Waals surface area contributed by atoms with Gasteiger partial charge in [0.15, 0.2) is 0 Å². The van der Waals surface area contributed by atoms with E-state index in [9.17, 15) is 19.2 Å². The number of nitriles is 1. The molecule has 0 fully saturated rings. The van der Waals surface area contributed by atoms with Gasteiger partial charge in [-0.3, -0.25) is 19.2 Å². The number of hydrogen-bond acceptors (Lipinski definition) is 11. The molecule has 0 radical (unpaired) electrons. The largest absolute Gasteiger partial charge is 0.493 e. The van der Waals surface area contributed by atoms with Gasteiger partial charge >= 0.3 is 17.9 Å². The molecule has 0 aliphatic heterocycles. The number of ketones is 1. The highest BCUT2D eigenvalue weighted by Gasteiger charge is 2.26. The second-order valence-electron chi connectivity index (χ2n) is 10.5. The van der Waals surface area contributed by atoms with Gasteiger partial charge < -0.3 is 28.4 Å². The Morgan fingerprint density at radius 1 is 0.711 bits per heavy atom. The Hall–Kier alpha value is -4.43. The molecule has 4 atom stereocenters. The number of para-hydroxylation sites is 1. The Morgan fingerprint density at radius 2 is 1.20 bits per heavy atom. The van der Waals surface area contributed by atoms with Crippen LogP contribution in [0.4, 0.5) is 0 Å². The molecule has 2 aromatic carbocycles. The molecule has 0 aromatic heterocycles. The molecule has 0 heterocycles. The number of Topliss-reactive ketones (excluding diaryl/α,β-unsaturated/α-hetero) is 1. The standard InChI is InChI=1S/C34H43NO10/c1-5-27(43-32(37)20-25(3)40-4)21-33(38)45-31(16-18-42-29-13-11-26(23-35)12-14-29)22-34(39)44-30(19-24(2)36)15-17-41-28-9-7-6-8-10-28/h6-14,25,27,30-31H,5,15-22H2,1-4H3. The second-order valence-corrected chi connectivity index (χ2v) is 10.5. The molecule has 0 bridgehead atoms. The molecule has 244 valence electrons. The number of methoxy groups -OCH3 is 1. The van der Waals surface area contributed by atoms with Crippen molar-refractivity contribution in [2.75, 3.05) is 20.3 Å². The zero-order chi connectivity index (χ0) is 33.0. The van der Waals surface area contributed by atoms with Crippen LogP contribution in [0.2, 0.25) is 0 Å². The zero-order valence-corrected chi connectivity index (χ0v) is 26.4. The summed E-state index contributed by atoms with van der Waals surface area (Å²) in [6, 6.07) is 17.7. The Labute approximate surface area is 264 Å². The number of hydrogen-bond donors (Lipinski definition) is 0. The van der Waals surface area contributed by atoms with Crippen molar-refractivity contribution in [3.8, 4) is 17.6 Å². The van der Waals surface area contributed by atoms with Crippen LogP contribution in [0.1, 0.15) is 71.3 Å². The van der Waals surface area contributed by atoms with Crippen molar-refractivity contribution >= 4 is 23.7 Å². The van der Waals surface area contributed by atoms with Gasteiger partial charge in [0.05, 0.1) is 50.2 Å². The maximum atomic E-state index is 13.0. The topological polar surface area (TPSA) is 147 Å². The predicted octanol–water partition coefficient (Wildman–Crippen LogP) is 5.13. The SMILES string of the molecule is CCC(CC(=O)OC(CCOc1ccc(C#N)cc1)CC(=O)OC(CCOc1ccccc1)CC(C)=O)OC(=O)CC(C)OC. The molecular formula is C34H43NO10. The van der Waals surface area contributed by atoms with Gasteiger partial charge in [-0.05, 0) is 56.7 Å². The summed E-state index contributed by atoms with van der Waals surface area (Å²) in [5, 5.41) is 8.99. The van der Waals surface area contributed by atoms with E-state index in [2.05, 4.69) is 0 Å². The number of nitrogens with zero attached hydrogens (tertiary/aromatic N) is 1. The number of carbonyl (C=O) groups excluding carboxylic acids is 4. The fourth-order valence-electron chi connectivity index (χ4n) is 4.15. The quantitative estimate of drug-likeness (QED) is 0.134. The molecule has 0 saturated carbocycles. The Bertz CT molecular complexity index is 1240. The third-order valence-electron chi connectivity index (χ3n) is 6.65. The van der Waals surface area contributed by atoms with Gasteiger partial charge in [-0.2, -0.15) is 5.26 Å². The molecule has 0 spiro atoms. The first-order valence-electron chi connectivity index (χ1n) is 15.0. The highest BCUT2D eigenvalue weighted by molar-refractivity contribution is 5.77. The summed E-state index contributed by atoms with van der Waals surface area (Å²) in [7, 11) is 1.49. The lowest BCUT2D eigenvalue weighted by atomic mass is 10.1. The van der Waals surface area contributed by atoms with Gasteiger partial charge in [0.2, 0.25) is 0 Å². The summed E-state index contributed by atoms with van der Waals surface area (Å²) in [5.41, 5.74) is 0.481. The van der Waals surface area contributed by atoms with Gasteiger partial charge in [-0.15, -0.1) is 0 Å². The summed E-state index contributed by atoms with van der Waals surface area (Å²) in [4.78, 5) is 49.9. The van der Waals surface area contributed by atoms with E-state index in [0.29, 0.717) is 23.5 Å². The molecule has 2 aromatic rings. The third kappa shape index (κ3) is 15.7. The average molecular weight is 626 g/mol. The van der Waals surface area contributed by atoms with Gasteiger partial charge in [-0.25, -0.2) is 0 Å². The first-order chi connectivity index (χ1) is 21.6. The van der Waals surface area contributed by atoms with E-state index in [1.165, 1.54) is 14.0 Å². The third-order valence-corrected chi connectivity index (χ3v) is 6.65. The first-order valence-corrected chi connectivity index (χ1v) is 15.0. The van der Waals surface area contributed by atoms with E-state index in [1.54, 1.807) is 50.2 Å². The molecule has 45 heavy (non-hydrogen) atoms. The van der Waals surface area contributed by atoms with Crippen molar-refractivity contribution in [3.05, 3.63) is 60.2 Å². The number of ether oxygens (including phenoxy) is 6. The summed E-state index contributed by atoms with van der Waals surface area (Å²) in [5.74, 6) is -0.779. The average Bonchev–Trinajstić information content (AvgIpc) is 3.00. The maximum Gasteiger partial charge on any atom is 0.309 e. The molecule has 2 rings (SSSR count). The van der Waals surface area contributed by atoms with Crippen LogP contribution in [-0.2, 0) is 38.1 Å². The molecule has 0 amide bonds. The summed E-state index contributed by atoms with van der Waals surface area (Å²) >= 11 is 0. The van der Waals surface area contributed by atoms with Crippen LogP contribution in [0, 0.1) is 11.3 Å². The molecule has 4 unspecified atom stereocenters. The number of rotatable bonds is 21. The lowest BCUT2D eigenvalue weighted by molar-refractivity contribution is -0.162. The van der Waals surface area contributed by atoms with Gasteiger partial charge in [0.25, 0.3) is 0 Å². The minimum absolute atomic E-state index is 0.0153. The van der Waals surface area contributed by atoms with Crippen molar-refractivity contribution in [2.24, 2.45) is 0 Å². The van der Waals surface area contributed by atoms with Crippen LogP contribution >= 0.6 is 0 Å². The lowest BCUT2D eigenvalue weighted by Crippen LogP contribution is -2.30. The van der Waals surface area contributed by atoms with Crippen LogP contribution in [0.3, 0.4) is 0 Å². The highest BCUT2D eigenvalue weighted by Crippen LogP contribution is 2.17. The zero-order valence-electron chi connectivity index (χ0n) is 26.4. The normalized spacial score (nSPS) is 13.3. The number of benzene rings is 2. The molecule has 11 nitrogen and oxygen atoms in total. The van der Waals surface area contributed by atoms with Crippen LogP contribution in [0.15, 0.2) is 54.6 Å². The van der Waals surface area contributed by atoms with Crippen molar-refractivity contribution in [3.63, 3.8) is 0 Å². The summed E-state index contributed by atoms with van der Waals surface area (Å²) in [6.07, 6.45) is -2.27. The van der Waals surface area contributed by atoms with Crippen LogP contribution in [-0.4, -0.2) is 68.4 Å². The number of carbonyl (C=O) groups is 4. The van der Waals surface area contributed by atoms with E-state index >= 15 is 0 Å². The van der Waals surface area contributed by atoms with Crippen molar-refractivity contribution in [1.82, 2.24) is 0 Å². The van der Waals surface area contributed by atoms with Crippen LogP contribution < -0.4 is 9.47 Å². The Kier molecular flexibility index (Phi) is 16.8. The predicted molar refractivity (Wildman–Crippen MR) is 163 cm³/mol. The molecular weight excluding hydrogens is 582 g/mol. The van der Waals surface area contributed by atoms with E-state index in [4.69, 9.17) is 33.7 Å². The summed E-state index contributed by atoms with van der Waals surface area (Å²) in [6.45, 7) is 5.25. The van der Waals surface area contributed by atoms with E-state index < -0.39 is 36.2 Å². The van der Waals surface area contributed by atoms with E-state index in [1.807, 2.05) is 24.3 Å². The summed E-state index contributed by atoms with van der Waals surface area (Å²) < 4.78 is 33.2. The monoisotopic (exact) mass is 625 g/mol. The van der Waals surface area contributed by atoms with Crippen LogP contribution in [0.5, 0.6) is 11.5 Å². The Balaban J connectivity index is 2.02. The van der Waals surface area contributed by atoms with Crippen LogP contribution in [0.25, 0.3) is 0 Å². The lowest BCUT2D eigenvalue weighted by Gasteiger charge is -2.22. The first kappa shape index (κ1) is 36.8. The van der Waals surface area contributed by atoms with Crippen molar-refractivity contribution < 1.29 is 47.6 Å². The fourth-order valence-corrected chi connectivity index (χ4v) is 4.15. The minimum atomic E-state index is -0.913. The molecule has 0 N–H and O–H groups in total. The van der Waals surface area contributed by atoms with E-state index in [-0.39, 0.29) is 63.6 Å². The number of esters is 3. The maximum absolute atomic E-state index is 13.0. The molecule has 0 aliphatic rings. The minimum Gasteiger partial charge on any atom is -0.493 e. The van der Waals surface area contributed by atoms with E-state index in [0.717, 1.165) is 0 Å². The molecule has 0 aliphatic carbocycles. The highest BCUT2D eigenvalue weighted by atomic mass is 16.6. The smallest absolute Gasteiger partial charge is 0.309 e. The van der Waals surface area contributed by atoms with Crippen molar-refractivity contribution in [1.29, 1.82) is 5.26 Å². The fraction of sp³-hybridized carbons (Fsp3) is 0.500. The van der Waals surface area contributed by atoms with Gasteiger partial charge in [0, 0.05) is 26.4 Å².